The van der Waals surface area contributed by atoms with Crippen molar-refractivity contribution in [1.82, 2.24) is 10.2 Å². The van der Waals surface area contributed by atoms with Crippen molar-refractivity contribution >= 4 is 23.4 Å². The minimum Gasteiger partial charge on any atom is -0.354 e. The number of nitrogens with one attached hydrogen (secondary N) is 1. The Hall–Kier alpha value is -2.33. The maximum Gasteiger partial charge on any atom is 0.242 e. The highest BCUT2D eigenvalue weighted by Crippen LogP contribution is 2.14. The molecule has 5 heteroatoms. The molecule has 1 N–H and O–H groups in total. The molecule has 0 aromatic heterocycles. The predicted octanol–water partition coefficient (Wildman–Crippen LogP) is 4.22. The van der Waals surface area contributed by atoms with E-state index >= 15 is 0 Å². The summed E-state index contributed by atoms with van der Waals surface area (Å²) in [5.74, 6) is -0.205. The van der Waals surface area contributed by atoms with Crippen LogP contribution in [0.5, 0.6) is 0 Å². The summed E-state index contributed by atoms with van der Waals surface area (Å²) in [4.78, 5) is 27.2. The molecule has 0 aliphatic heterocycles. The van der Waals surface area contributed by atoms with E-state index in [0.717, 1.165) is 24.0 Å². The lowest BCUT2D eigenvalue weighted by Gasteiger charge is -2.29. The van der Waals surface area contributed by atoms with E-state index in [2.05, 4.69) is 12.2 Å². The fourth-order valence-electron chi connectivity index (χ4n) is 2.78. The van der Waals surface area contributed by atoms with Gasteiger partial charge in [0.1, 0.15) is 6.04 Å². The molecular formula is C22H27ClN2O2. The van der Waals surface area contributed by atoms with Crippen LogP contribution in [-0.2, 0) is 22.6 Å². The van der Waals surface area contributed by atoms with E-state index in [1.807, 2.05) is 42.5 Å². The van der Waals surface area contributed by atoms with E-state index in [9.17, 15) is 9.59 Å². The Morgan fingerprint density at radius 1 is 1.04 bits per heavy atom. The number of carbonyl (C=O) groups is 2. The average Bonchev–Trinajstić information content (AvgIpc) is 2.68. The van der Waals surface area contributed by atoms with Gasteiger partial charge < -0.3 is 10.2 Å². The standard InChI is InChI=1S/C22H27ClN2O2/c1-3-4-14-24-22(27)17(2)25(16-19-8-6-5-7-9-19)21(26)15-18-10-12-20(23)13-11-18/h5-13,17H,3-4,14-16H2,1-2H3,(H,24,27). The van der Waals surface area contributed by atoms with E-state index < -0.39 is 6.04 Å². The molecular weight excluding hydrogens is 360 g/mol. The maximum absolute atomic E-state index is 13.0. The quantitative estimate of drug-likeness (QED) is 0.656. The zero-order valence-corrected chi connectivity index (χ0v) is 16.7. The number of amides is 2. The Morgan fingerprint density at radius 3 is 2.33 bits per heavy atom. The topological polar surface area (TPSA) is 49.4 Å². The van der Waals surface area contributed by atoms with Gasteiger partial charge in [-0.25, -0.2) is 0 Å². The molecule has 2 amide bonds. The Bertz CT molecular complexity index is 732. The highest BCUT2D eigenvalue weighted by Gasteiger charge is 2.25. The summed E-state index contributed by atoms with van der Waals surface area (Å²) in [5, 5.41) is 3.56. The van der Waals surface area contributed by atoms with Crippen molar-refractivity contribution in [1.29, 1.82) is 0 Å². The number of carbonyl (C=O) groups excluding carboxylic acids is 2. The summed E-state index contributed by atoms with van der Waals surface area (Å²) in [5.41, 5.74) is 1.87. The van der Waals surface area contributed by atoms with E-state index in [1.54, 1.807) is 24.0 Å². The molecule has 27 heavy (non-hydrogen) atoms. The van der Waals surface area contributed by atoms with Crippen LogP contribution in [0.25, 0.3) is 0 Å². The van der Waals surface area contributed by atoms with Crippen LogP contribution in [-0.4, -0.2) is 29.3 Å². The Balaban J connectivity index is 2.13. The monoisotopic (exact) mass is 386 g/mol. The summed E-state index contributed by atoms with van der Waals surface area (Å²) in [6, 6.07) is 16.4. The average molecular weight is 387 g/mol. The molecule has 1 unspecified atom stereocenters. The van der Waals surface area contributed by atoms with Gasteiger partial charge in [-0.1, -0.05) is 67.4 Å². The van der Waals surface area contributed by atoms with Crippen molar-refractivity contribution in [2.75, 3.05) is 6.54 Å². The van der Waals surface area contributed by atoms with Crippen molar-refractivity contribution in [3.8, 4) is 0 Å². The molecule has 144 valence electrons. The molecule has 0 aliphatic rings. The minimum absolute atomic E-state index is 0.0840. The molecule has 0 saturated carbocycles. The van der Waals surface area contributed by atoms with Gasteiger partial charge >= 0.3 is 0 Å². The largest absolute Gasteiger partial charge is 0.354 e. The summed E-state index contributed by atoms with van der Waals surface area (Å²) in [7, 11) is 0. The SMILES string of the molecule is CCCCNC(=O)C(C)N(Cc1ccccc1)C(=O)Cc1ccc(Cl)cc1. The third kappa shape index (κ3) is 6.72. The molecule has 0 fully saturated rings. The normalized spacial score (nSPS) is 11.7. The van der Waals surface area contributed by atoms with Gasteiger partial charge in [-0.15, -0.1) is 0 Å². The lowest BCUT2D eigenvalue weighted by Crippen LogP contribution is -2.48. The first-order valence-electron chi connectivity index (χ1n) is 9.36. The number of rotatable bonds is 9. The summed E-state index contributed by atoms with van der Waals surface area (Å²) >= 11 is 5.92. The number of hydrogen-bond acceptors (Lipinski definition) is 2. The van der Waals surface area contributed by atoms with Gasteiger partial charge in [0, 0.05) is 18.1 Å². The van der Waals surface area contributed by atoms with E-state index in [0.29, 0.717) is 18.1 Å². The summed E-state index contributed by atoms with van der Waals surface area (Å²) in [6.07, 6.45) is 2.17. The van der Waals surface area contributed by atoms with Gasteiger partial charge in [0.15, 0.2) is 0 Å². The second kappa shape index (κ2) is 10.7. The molecule has 2 aromatic rings. The second-order valence-corrected chi connectivity index (χ2v) is 7.07. The van der Waals surface area contributed by atoms with Gasteiger partial charge in [0.05, 0.1) is 6.42 Å². The number of nitrogens with zero attached hydrogens (tertiary/aromatic N) is 1. The molecule has 0 heterocycles. The highest BCUT2D eigenvalue weighted by molar-refractivity contribution is 6.30. The Labute approximate surface area is 166 Å². The van der Waals surface area contributed by atoms with Gasteiger partial charge in [0.25, 0.3) is 0 Å². The number of halogens is 1. The molecule has 2 aromatic carbocycles. The van der Waals surface area contributed by atoms with Crippen molar-refractivity contribution in [3.05, 3.63) is 70.7 Å². The first-order chi connectivity index (χ1) is 13.0. The van der Waals surface area contributed by atoms with Gasteiger partial charge in [-0.05, 0) is 36.6 Å². The van der Waals surface area contributed by atoms with Crippen LogP contribution in [0.3, 0.4) is 0 Å². The number of unbranched alkanes of at least 4 members (excludes halogenated alkanes) is 1. The smallest absolute Gasteiger partial charge is 0.242 e. The van der Waals surface area contributed by atoms with Crippen molar-refractivity contribution in [2.24, 2.45) is 0 Å². The van der Waals surface area contributed by atoms with E-state index in [4.69, 9.17) is 11.6 Å². The van der Waals surface area contributed by atoms with Gasteiger partial charge in [-0.3, -0.25) is 9.59 Å². The summed E-state index contributed by atoms with van der Waals surface area (Å²) < 4.78 is 0. The molecule has 4 nitrogen and oxygen atoms in total. The first-order valence-corrected chi connectivity index (χ1v) is 9.74. The molecule has 0 radical (unpaired) electrons. The van der Waals surface area contributed by atoms with Crippen molar-refractivity contribution < 1.29 is 9.59 Å². The Kier molecular flexibility index (Phi) is 8.34. The van der Waals surface area contributed by atoms with Crippen molar-refractivity contribution in [2.45, 2.75) is 45.7 Å². The van der Waals surface area contributed by atoms with Crippen molar-refractivity contribution in [3.63, 3.8) is 0 Å². The number of benzene rings is 2. The predicted molar refractivity (Wildman–Crippen MR) is 110 cm³/mol. The minimum atomic E-state index is -0.540. The molecule has 0 bridgehead atoms. The zero-order valence-electron chi connectivity index (χ0n) is 16.0. The first kappa shape index (κ1) is 21.0. The lowest BCUT2D eigenvalue weighted by atomic mass is 10.1. The zero-order chi connectivity index (χ0) is 19.6. The van der Waals surface area contributed by atoms with Gasteiger partial charge in [-0.2, -0.15) is 0 Å². The van der Waals surface area contributed by atoms with Crippen LogP contribution < -0.4 is 5.32 Å². The van der Waals surface area contributed by atoms with Gasteiger partial charge in [0.2, 0.25) is 11.8 Å². The molecule has 0 saturated heterocycles. The van der Waals surface area contributed by atoms with Crippen LogP contribution in [0.1, 0.15) is 37.8 Å². The molecule has 0 aliphatic carbocycles. The van der Waals surface area contributed by atoms with E-state index in [1.165, 1.54) is 0 Å². The fraction of sp³-hybridized carbons (Fsp3) is 0.364. The van der Waals surface area contributed by atoms with Crippen LogP contribution >= 0.6 is 11.6 Å². The maximum atomic E-state index is 13.0. The highest BCUT2D eigenvalue weighted by atomic mass is 35.5. The van der Waals surface area contributed by atoms with Crippen LogP contribution in [0, 0.1) is 0 Å². The Morgan fingerprint density at radius 2 is 1.70 bits per heavy atom. The second-order valence-electron chi connectivity index (χ2n) is 6.63. The third-order valence-electron chi connectivity index (χ3n) is 4.46. The van der Waals surface area contributed by atoms with Crippen LogP contribution in [0.4, 0.5) is 0 Å². The molecule has 1 atom stereocenters. The van der Waals surface area contributed by atoms with E-state index in [-0.39, 0.29) is 18.2 Å². The number of hydrogen-bond donors (Lipinski definition) is 1. The van der Waals surface area contributed by atoms with Crippen LogP contribution in [0.2, 0.25) is 5.02 Å². The third-order valence-corrected chi connectivity index (χ3v) is 4.71. The summed E-state index contributed by atoms with van der Waals surface area (Å²) in [6.45, 7) is 4.89. The van der Waals surface area contributed by atoms with Crippen LogP contribution in [0.15, 0.2) is 54.6 Å². The molecule has 2 rings (SSSR count). The molecule has 0 spiro atoms. The fourth-order valence-corrected chi connectivity index (χ4v) is 2.90. The lowest BCUT2D eigenvalue weighted by molar-refractivity contribution is -0.140.